The van der Waals surface area contributed by atoms with E-state index in [1.807, 2.05) is 0 Å². The van der Waals surface area contributed by atoms with Crippen molar-refractivity contribution in [3.8, 4) is 0 Å². The van der Waals surface area contributed by atoms with E-state index in [0.717, 1.165) is 5.56 Å². The Hall–Kier alpha value is -1.46. The zero-order valence-corrected chi connectivity index (χ0v) is 8.16. The number of carbonyl (C=O) groups excluding carboxylic acids is 1. The van der Waals surface area contributed by atoms with Crippen molar-refractivity contribution < 1.29 is 14.4 Å². The lowest BCUT2D eigenvalue weighted by molar-refractivity contribution is -0.129. The summed E-state index contributed by atoms with van der Waals surface area (Å²) >= 11 is 0. The topological polar surface area (TPSA) is 61.4 Å². The summed E-state index contributed by atoms with van der Waals surface area (Å²) in [7, 11) is 0. The van der Waals surface area contributed by atoms with Crippen LogP contribution in [-0.2, 0) is 11.3 Å². The van der Waals surface area contributed by atoms with Gasteiger partial charge in [-0.1, -0.05) is 12.1 Å². The number of nitrogens with one attached hydrogen (secondary N) is 2. The molecule has 0 heterocycles. The molecular formula is C10H13FN2O2. The van der Waals surface area contributed by atoms with E-state index in [1.54, 1.807) is 17.6 Å². The van der Waals surface area contributed by atoms with Gasteiger partial charge in [-0.2, -0.15) is 0 Å². The molecule has 0 radical (unpaired) electrons. The second kappa shape index (κ2) is 6.10. The van der Waals surface area contributed by atoms with Crippen molar-refractivity contribution in [2.45, 2.75) is 13.0 Å². The summed E-state index contributed by atoms with van der Waals surface area (Å²) in [5.74, 6) is -0.694. The number of amides is 1. The van der Waals surface area contributed by atoms with Crippen molar-refractivity contribution in [3.63, 3.8) is 0 Å². The Morgan fingerprint density at radius 2 is 2.00 bits per heavy atom. The Labute approximate surface area is 87.1 Å². The molecule has 1 aromatic carbocycles. The standard InChI is InChI=1S/C10H13FN2O2/c11-9-3-1-8(2-4-9)7-12-6-5-10(14)13-15/h1-4,12,15H,5-7H2,(H,13,14). The zero-order valence-electron chi connectivity index (χ0n) is 8.16. The molecule has 4 nitrogen and oxygen atoms in total. The SMILES string of the molecule is O=C(CCNCc1ccc(F)cc1)NO. The number of hydroxylamine groups is 1. The number of benzene rings is 1. The molecule has 0 spiro atoms. The average molecular weight is 212 g/mol. The fourth-order valence-electron chi connectivity index (χ4n) is 1.09. The fraction of sp³-hybridized carbons (Fsp3) is 0.300. The van der Waals surface area contributed by atoms with Crippen molar-refractivity contribution in [1.29, 1.82) is 0 Å². The first-order valence-corrected chi connectivity index (χ1v) is 4.60. The van der Waals surface area contributed by atoms with E-state index in [9.17, 15) is 9.18 Å². The highest BCUT2D eigenvalue weighted by Gasteiger charge is 1.98. The maximum absolute atomic E-state index is 12.5. The van der Waals surface area contributed by atoms with E-state index in [0.29, 0.717) is 13.1 Å². The number of carbonyl (C=O) groups is 1. The van der Waals surface area contributed by atoms with Gasteiger partial charge < -0.3 is 5.32 Å². The first-order chi connectivity index (χ1) is 7.22. The molecule has 0 aliphatic carbocycles. The largest absolute Gasteiger partial charge is 0.312 e. The molecule has 1 amide bonds. The van der Waals surface area contributed by atoms with Gasteiger partial charge >= 0.3 is 0 Å². The lowest BCUT2D eigenvalue weighted by Crippen LogP contribution is -2.24. The normalized spacial score (nSPS) is 10.0. The highest BCUT2D eigenvalue weighted by molar-refractivity contribution is 5.74. The smallest absolute Gasteiger partial charge is 0.244 e. The van der Waals surface area contributed by atoms with Crippen molar-refractivity contribution in [3.05, 3.63) is 35.6 Å². The summed E-state index contributed by atoms with van der Waals surface area (Å²) in [6.07, 6.45) is 0.206. The molecule has 0 aliphatic heterocycles. The quantitative estimate of drug-likeness (QED) is 0.384. The van der Waals surface area contributed by atoms with Gasteiger partial charge in [-0.25, -0.2) is 9.87 Å². The molecule has 3 N–H and O–H groups in total. The van der Waals surface area contributed by atoms with Crippen molar-refractivity contribution >= 4 is 5.91 Å². The monoisotopic (exact) mass is 212 g/mol. The van der Waals surface area contributed by atoms with Crippen molar-refractivity contribution in [1.82, 2.24) is 10.8 Å². The average Bonchev–Trinajstić information content (AvgIpc) is 2.26. The second-order valence-corrected chi connectivity index (χ2v) is 3.09. The molecule has 82 valence electrons. The molecule has 0 aromatic heterocycles. The molecule has 0 bridgehead atoms. The van der Waals surface area contributed by atoms with Gasteiger partial charge in [-0.3, -0.25) is 10.0 Å². The van der Waals surface area contributed by atoms with E-state index in [4.69, 9.17) is 5.21 Å². The number of rotatable bonds is 5. The molecule has 1 rings (SSSR count). The summed E-state index contributed by atoms with van der Waals surface area (Å²) in [6, 6.07) is 6.12. The zero-order chi connectivity index (χ0) is 11.1. The predicted octanol–water partition coefficient (Wildman–Crippen LogP) is 0.811. The lowest BCUT2D eigenvalue weighted by Gasteiger charge is -2.03. The van der Waals surface area contributed by atoms with Crippen LogP contribution in [0.2, 0.25) is 0 Å². The minimum absolute atomic E-state index is 0.206. The number of halogens is 1. The fourth-order valence-corrected chi connectivity index (χ4v) is 1.09. The van der Waals surface area contributed by atoms with Crippen LogP contribution in [0.15, 0.2) is 24.3 Å². The third kappa shape index (κ3) is 4.53. The Morgan fingerprint density at radius 1 is 1.33 bits per heavy atom. The van der Waals surface area contributed by atoms with E-state index in [1.165, 1.54) is 12.1 Å². The maximum atomic E-state index is 12.5. The van der Waals surface area contributed by atoms with E-state index >= 15 is 0 Å². The van der Waals surface area contributed by atoms with Gasteiger partial charge in [0.05, 0.1) is 0 Å². The van der Waals surface area contributed by atoms with Gasteiger partial charge in [0, 0.05) is 19.5 Å². The summed E-state index contributed by atoms with van der Waals surface area (Å²) in [6.45, 7) is 1.03. The van der Waals surface area contributed by atoms with Crippen LogP contribution in [0.4, 0.5) is 4.39 Å². The van der Waals surface area contributed by atoms with Crippen LogP contribution in [0.5, 0.6) is 0 Å². The third-order valence-electron chi connectivity index (χ3n) is 1.90. The summed E-state index contributed by atoms with van der Waals surface area (Å²) in [5, 5.41) is 11.2. The Morgan fingerprint density at radius 3 is 2.60 bits per heavy atom. The van der Waals surface area contributed by atoms with Crippen LogP contribution in [0.3, 0.4) is 0 Å². The van der Waals surface area contributed by atoms with Gasteiger partial charge in [0.15, 0.2) is 0 Å². The molecular weight excluding hydrogens is 199 g/mol. The number of hydrogen-bond acceptors (Lipinski definition) is 3. The van der Waals surface area contributed by atoms with Crippen LogP contribution in [0.25, 0.3) is 0 Å². The number of hydrogen-bond donors (Lipinski definition) is 3. The third-order valence-corrected chi connectivity index (χ3v) is 1.90. The van der Waals surface area contributed by atoms with E-state index in [-0.39, 0.29) is 12.2 Å². The van der Waals surface area contributed by atoms with Crippen molar-refractivity contribution in [2.75, 3.05) is 6.54 Å². The first-order valence-electron chi connectivity index (χ1n) is 4.60. The molecule has 0 saturated carbocycles. The summed E-state index contributed by atoms with van der Waals surface area (Å²) in [5.41, 5.74) is 2.49. The predicted molar refractivity (Wildman–Crippen MR) is 52.7 cm³/mol. The Bertz CT molecular complexity index is 314. The highest BCUT2D eigenvalue weighted by atomic mass is 19.1. The van der Waals surface area contributed by atoms with Crippen molar-refractivity contribution in [2.24, 2.45) is 0 Å². The van der Waals surface area contributed by atoms with Gasteiger partial charge in [-0.05, 0) is 17.7 Å². The van der Waals surface area contributed by atoms with E-state index in [2.05, 4.69) is 5.32 Å². The molecule has 0 aliphatic rings. The molecule has 0 saturated heterocycles. The minimum Gasteiger partial charge on any atom is -0.312 e. The highest BCUT2D eigenvalue weighted by Crippen LogP contribution is 2.01. The van der Waals surface area contributed by atoms with Crippen LogP contribution >= 0.6 is 0 Å². The second-order valence-electron chi connectivity index (χ2n) is 3.09. The van der Waals surface area contributed by atoms with Crippen LogP contribution in [0, 0.1) is 5.82 Å². The molecule has 1 aromatic rings. The Balaban J connectivity index is 2.20. The summed E-state index contributed by atoms with van der Waals surface area (Å²) in [4.78, 5) is 10.6. The minimum atomic E-state index is -0.429. The van der Waals surface area contributed by atoms with Gasteiger partial charge in [-0.15, -0.1) is 0 Å². The lowest BCUT2D eigenvalue weighted by atomic mass is 10.2. The van der Waals surface area contributed by atoms with Crippen LogP contribution < -0.4 is 10.8 Å². The van der Waals surface area contributed by atoms with Crippen LogP contribution in [0.1, 0.15) is 12.0 Å². The maximum Gasteiger partial charge on any atom is 0.244 e. The van der Waals surface area contributed by atoms with Gasteiger partial charge in [0.25, 0.3) is 0 Å². The van der Waals surface area contributed by atoms with Crippen LogP contribution in [-0.4, -0.2) is 17.7 Å². The molecule has 5 heteroatoms. The molecule has 0 atom stereocenters. The van der Waals surface area contributed by atoms with Gasteiger partial charge in [0.2, 0.25) is 5.91 Å². The summed E-state index contributed by atoms with van der Waals surface area (Å²) < 4.78 is 12.5. The Kier molecular flexibility index (Phi) is 4.73. The van der Waals surface area contributed by atoms with E-state index < -0.39 is 5.91 Å². The van der Waals surface area contributed by atoms with Gasteiger partial charge in [0.1, 0.15) is 5.82 Å². The first kappa shape index (κ1) is 11.6. The molecule has 0 unspecified atom stereocenters. The molecule has 15 heavy (non-hydrogen) atoms. The molecule has 0 fully saturated rings.